The van der Waals surface area contributed by atoms with Crippen LogP contribution in [0.5, 0.6) is 0 Å². The maximum absolute atomic E-state index is 5.64. The van der Waals surface area contributed by atoms with Crippen LogP contribution in [0, 0.1) is 5.92 Å². The number of ether oxygens (including phenoxy) is 1. The maximum Gasteiger partial charge on any atom is 0.0623 e. The molecule has 2 aliphatic rings. The Labute approximate surface area is 112 Å². The van der Waals surface area contributed by atoms with Gasteiger partial charge in [-0.1, -0.05) is 6.92 Å². The Morgan fingerprint density at radius 3 is 2.44 bits per heavy atom. The standard InChI is InChI=1S/C14H29N3O/c1-5-15-14-10-18-9-13(14)8-17-6-11(2)16(4)12(3)7-17/h11-15H,5-10H2,1-4H3. The molecule has 2 rings (SSSR count). The van der Waals surface area contributed by atoms with E-state index in [4.69, 9.17) is 4.74 Å². The van der Waals surface area contributed by atoms with Gasteiger partial charge in [0.1, 0.15) is 0 Å². The first-order valence-electron chi connectivity index (χ1n) is 7.37. The van der Waals surface area contributed by atoms with E-state index in [1.807, 2.05) is 0 Å². The first-order valence-corrected chi connectivity index (χ1v) is 7.37. The van der Waals surface area contributed by atoms with Gasteiger partial charge in [-0.15, -0.1) is 0 Å². The summed E-state index contributed by atoms with van der Waals surface area (Å²) < 4.78 is 5.64. The third-order valence-electron chi connectivity index (χ3n) is 4.59. The summed E-state index contributed by atoms with van der Waals surface area (Å²) in [7, 11) is 2.24. The van der Waals surface area contributed by atoms with Gasteiger partial charge in [-0.05, 0) is 27.4 Å². The van der Waals surface area contributed by atoms with E-state index in [9.17, 15) is 0 Å². The molecule has 0 radical (unpaired) electrons. The molecule has 0 aromatic heterocycles. The molecule has 4 atom stereocenters. The Balaban J connectivity index is 1.85. The minimum Gasteiger partial charge on any atom is -0.379 e. The SMILES string of the molecule is CCNC1COCC1CN1CC(C)N(C)C(C)C1. The summed E-state index contributed by atoms with van der Waals surface area (Å²) in [6.45, 7) is 13.2. The molecule has 0 amide bonds. The maximum atomic E-state index is 5.64. The van der Waals surface area contributed by atoms with Gasteiger partial charge >= 0.3 is 0 Å². The monoisotopic (exact) mass is 255 g/mol. The van der Waals surface area contributed by atoms with Crippen molar-refractivity contribution in [3.05, 3.63) is 0 Å². The second kappa shape index (κ2) is 6.33. The largest absolute Gasteiger partial charge is 0.379 e. The van der Waals surface area contributed by atoms with Crippen LogP contribution in [-0.2, 0) is 4.74 Å². The molecule has 2 fully saturated rings. The van der Waals surface area contributed by atoms with Crippen LogP contribution in [0.25, 0.3) is 0 Å². The van der Waals surface area contributed by atoms with Gasteiger partial charge in [0.2, 0.25) is 0 Å². The predicted molar refractivity (Wildman–Crippen MR) is 74.9 cm³/mol. The highest BCUT2D eigenvalue weighted by Crippen LogP contribution is 2.19. The second-order valence-corrected chi connectivity index (χ2v) is 6.04. The lowest BCUT2D eigenvalue weighted by molar-refractivity contribution is 0.0474. The van der Waals surface area contributed by atoms with Crippen LogP contribution >= 0.6 is 0 Å². The average Bonchev–Trinajstić information content (AvgIpc) is 2.74. The molecule has 4 unspecified atom stereocenters. The molecule has 106 valence electrons. The van der Waals surface area contributed by atoms with Crippen LogP contribution in [0.3, 0.4) is 0 Å². The van der Waals surface area contributed by atoms with Crippen molar-refractivity contribution in [2.45, 2.75) is 38.9 Å². The van der Waals surface area contributed by atoms with Crippen LogP contribution in [0.15, 0.2) is 0 Å². The summed E-state index contributed by atoms with van der Waals surface area (Å²) in [4.78, 5) is 5.11. The fourth-order valence-electron chi connectivity index (χ4n) is 3.26. The molecule has 18 heavy (non-hydrogen) atoms. The van der Waals surface area contributed by atoms with Gasteiger partial charge in [-0.25, -0.2) is 0 Å². The van der Waals surface area contributed by atoms with Crippen LogP contribution in [-0.4, -0.2) is 74.4 Å². The van der Waals surface area contributed by atoms with Gasteiger partial charge in [0.15, 0.2) is 0 Å². The van der Waals surface area contributed by atoms with Crippen molar-refractivity contribution in [3.8, 4) is 0 Å². The lowest BCUT2D eigenvalue weighted by atomic mass is 10.0. The van der Waals surface area contributed by atoms with E-state index < -0.39 is 0 Å². The van der Waals surface area contributed by atoms with Crippen molar-refractivity contribution in [1.29, 1.82) is 0 Å². The predicted octanol–water partition coefficient (Wildman–Crippen LogP) is 0.635. The van der Waals surface area contributed by atoms with Crippen LogP contribution in [0.4, 0.5) is 0 Å². The summed E-state index contributed by atoms with van der Waals surface area (Å²) in [6, 6.07) is 1.88. The zero-order valence-electron chi connectivity index (χ0n) is 12.4. The molecule has 0 aromatic carbocycles. The Bertz CT molecular complexity index is 249. The Kier molecular flexibility index (Phi) is 5.01. The van der Waals surface area contributed by atoms with Gasteiger partial charge in [0.05, 0.1) is 13.2 Å². The third kappa shape index (κ3) is 3.23. The summed E-state index contributed by atoms with van der Waals surface area (Å²) >= 11 is 0. The van der Waals surface area contributed by atoms with Crippen LogP contribution in [0.2, 0.25) is 0 Å². The van der Waals surface area contributed by atoms with E-state index in [1.165, 1.54) is 19.6 Å². The van der Waals surface area contributed by atoms with Crippen molar-refractivity contribution in [3.63, 3.8) is 0 Å². The number of nitrogens with one attached hydrogen (secondary N) is 1. The van der Waals surface area contributed by atoms with Crippen molar-refractivity contribution >= 4 is 0 Å². The Morgan fingerprint density at radius 2 is 1.83 bits per heavy atom. The van der Waals surface area contributed by atoms with Crippen molar-refractivity contribution < 1.29 is 4.74 Å². The highest BCUT2D eigenvalue weighted by atomic mass is 16.5. The first kappa shape index (κ1) is 14.3. The highest BCUT2D eigenvalue weighted by Gasteiger charge is 2.32. The van der Waals surface area contributed by atoms with Gasteiger partial charge in [-0.3, -0.25) is 9.80 Å². The van der Waals surface area contributed by atoms with Crippen molar-refractivity contribution in [2.24, 2.45) is 5.92 Å². The van der Waals surface area contributed by atoms with E-state index in [0.717, 1.165) is 19.8 Å². The van der Waals surface area contributed by atoms with E-state index in [0.29, 0.717) is 24.0 Å². The molecule has 4 nitrogen and oxygen atoms in total. The highest BCUT2D eigenvalue weighted by molar-refractivity contribution is 4.88. The van der Waals surface area contributed by atoms with E-state index in [-0.39, 0.29) is 0 Å². The fraction of sp³-hybridized carbons (Fsp3) is 1.00. The molecule has 2 saturated heterocycles. The number of piperazine rings is 1. The van der Waals surface area contributed by atoms with Gasteiger partial charge in [-0.2, -0.15) is 0 Å². The van der Waals surface area contributed by atoms with E-state index in [2.05, 4.69) is 42.9 Å². The molecule has 0 bridgehead atoms. The van der Waals surface area contributed by atoms with Crippen LogP contribution < -0.4 is 5.32 Å². The van der Waals surface area contributed by atoms with Gasteiger partial charge < -0.3 is 10.1 Å². The fourth-order valence-corrected chi connectivity index (χ4v) is 3.26. The third-order valence-corrected chi connectivity index (χ3v) is 4.59. The smallest absolute Gasteiger partial charge is 0.0623 e. The minimum absolute atomic E-state index is 0.556. The molecule has 2 heterocycles. The molecular formula is C14H29N3O. The lowest BCUT2D eigenvalue weighted by Gasteiger charge is -2.43. The summed E-state index contributed by atoms with van der Waals surface area (Å²) in [6.07, 6.45) is 0. The molecule has 0 saturated carbocycles. The van der Waals surface area contributed by atoms with Gasteiger partial charge in [0, 0.05) is 43.7 Å². The molecule has 0 aromatic rings. The molecule has 2 aliphatic heterocycles. The Morgan fingerprint density at radius 1 is 1.17 bits per heavy atom. The number of rotatable bonds is 4. The van der Waals surface area contributed by atoms with Crippen molar-refractivity contribution in [1.82, 2.24) is 15.1 Å². The molecular weight excluding hydrogens is 226 g/mol. The summed E-state index contributed by atoms with van der Waals surface area (Å²) in [5.74, 6) is 0.660. The van der Waals surface area contributed by atoms with Gasteiger partial charge in [0.25, 0.3) is 0 Å². The summed E-state index contributed by atoms with van der Waals surface area (Å²) in [5, 5.41) is 3.55. The number of hydrogen-bond acceptors (Lipinski definition) is 4. The van der Waals surface area contributed by atoms with E-state index in [1.54, 1.807) is 0 Å². The normalized spacial score (nSPS) is 39.3. The van der Waals surface area contributed by atoms with Crippen LogP contribution in [0.1, 0.15) is 20.8 Å². The lowest BCUT2D eigenvalue weighted by Crippen LogP contribution is -2.56. The second-order valence-electron chi connectivity index (χ2n) is 6.04. The molecule has 4 heteroatoms. The molecule has 1 N–H and O–H groups in total. The summed E-state index contributed by atoms with van der Waals surface area (Å²) in [5.41, 5.74) is 0. The first-order chi connectivity index (χ1) is 8.61. The molecule has 0 spiro atoms. The molecule has 0 aliphatic carbocycles. The minimum atomic E-state index is 0.556. The number of likely N-dealkylation sites (N-methyl/N-ethyl adjacent to an activating group) is 2. The zero-order valence-corrected chi connectivity index (χ0v) is 12.4. The zero-order chi connectivity index (χ0) is 13.1. The topological polar surface area (TPSA) is 27.7 Å². The average molecular weight is 255 g/mol. The number of hydrogen-bond donors (Lipinski definition) is 1. The van der Waals surface area contributed by atoms with E-state index >= 15 is 0 Å². The Hall–Kier alpha value is -0.160. The number of nitrogens with zero attached hydrogens (tertiary/aromatic N) is 2. The quantitative estimate of drug-likeness (QED) is 0.798. The van der Waals surface area contributed by atoms with Crippen molar-refractivity contribution in [2.75, 3.05) is 46.4 Å².